The highest BCUT2D eigenvalue weighted by molar-refractivity contribution is 6.05. The average Bonchev–Trinajstić information content (AvgIpc) is 3.48. The quantitative estimate of drug-likeness (QED) is 0.321. The number of hydrogen-bond donors (Lipinski definition) is 1. The lowest BCUT2D eigenvalue weighted by atomic mass is 10.1. The predicted molar refractivity (Wildman–Crippen MR) is 127 cm³/mol. The highest BCUT2D eigenvalue weighted by Gasteiger charge is 2.24. The standard InChI is InChI=1S/C25H22N4O4/c1-16-7-10-23-20(13-16)27-25(33-23)18-5-4-6-19(14-18)26-24(30)17-8-9-21(22(15-17)29(31)32)28-11-2-3-12-28/h4-10,13-15H,2-3,11-12H2,1H3,(H,26,30). The van der Waals surface area contributed by atoms with Gasteiger partial charge >= 0.3 is 0 Å². The summed E-state index contributed by atoms with van der Waals surface area (Å²) in [5, 5.41) is 14.5. The topological polar surface area (TPSA) is 102 Å². The number of carbonyl (C=O) groups is 1. The summed E-state index contributed by atoms with van der Waals surface area (Å²) in [6.45, 7) is 3.56. The predicted octanol–water partition coefficient (Wildman–Crippen LogP) is 5.56. The first-order chi connectivity index (χ1) is 16.0. The number of carbonyl (C=O) groups excluding carboxylic acids is 1. The van der Waals surface area contributed by atoms with Gasteiger partial charge in [-0.1, -0.05) is 12.1 Å². The summed E-state index contributed by atoms with van der Waals surface area (Å²) in [5.74, 6) is 0.0358. The fourth-order valence-electron chi connectivity index (χ4n) is 4.13. The second-order valence-electron chi connectivity index (χ2n) is 8.18. The van der Waals surface area contributed by atoms with Crippen LogP contribution in [0, 0.1) is 17.0 Å². The largest absolute Gasteiger partial charge is 0.436 e. The van der Waals surface area contributed by atoms with Gasteiger partial charge in [0.15, 0.2) is 5.58 Å². The third-order valence-corrected chi connectivity index (χ3v) is 5.79. The summed E-state index contributed by atoms with van der Waals surface area (Å²) in [6, 6.07) is 17.6. The number of oxazole rings is 1. The lowest BCUT2D eigenvalue weighted by molar-refractivity contribution is -0.384. The van der Waals surface area contributed by atoms with E-state index in [1.165, 1.54) is 6.07 Å². The lowest BCUT2D eigenvalue weighted by Gasteiger charge is -2.17. The van der Waals surface area contributed by atoms with Gasteiger partial charge in [-0.15, -0.1) is 0 Å². The average molecular weight is 442 g/mol. The Balaban J connectivity index is 1.39. The number of anilines is 2. The molecule has 0 aliphatic carbocycles. The zero-order chi connectivity index (χ0) is 22.9. The molecule has 1 N–H and O–H groups in total. The monoisotopic (exact) mass is 442 g/mol. The maximum Gasteiger partial charge on any atom is 0.293 e. The second-order valence-corrected chi connectivity index (χ2v) is 8.18. The van der Waals surface area contributed by atoms with Crippen molar-refractivity contribution in [2.45, 2.75) is 19.8 Å². The van der Waals surface area contributed by atoms with E-state index >= 15 is 0 Å². The van der Waals surface area contributed by atoms with Crippen molar-refractivity contribution in [1.29, 1.82) is 0 Å². The molecule has 0 unspecified atom stereocenters. The molecule has 4 aromatic rings. The summed E-state index contributed by atoms with van der Waals surface area (Å²) < 4.78 is 5.85. The van der Waals surface area contributed by atoms with E-state index in [1.54, 1.807) is 30.3 Å². The molecule has 0 spiro atoms. The van der Waals surface area contributed by atoms with Crippen LogP contribution >= 0.6 is 0 Å². The smallest absolute Gasteiger partial charge is 0.293 e. The molecular weight excluding hydrogens is 420 g/mol. The number of benzene rings is 3. The van der Waals surface area contributed by atoms with Crippen molar-refractivity contribution in [3.05, 3.63) is 81.9 Å². The molecule has 5 rings (SSSR count). The van der Waals surface area contributed by atoms with Gasteiger partial charge in [0.25, 0.3) is 11.6 Å². The van der Waals surface area contributed by atoms with E-state index in [4.69, 9.17) is 4.42 Å². The Morgan fingerprint density at radius 2 is 1.91 bits per heavy atom. The molecule has 1 aromatic heterocycles. The van der Waals surface area contributed by atoms with E-state index in [1.807, 2.05) is 36.1 Å². The number of aryl methyl sites for hydroxylation is 1. The molecule has 1 aliphatic heterocycles. The van der Waals surface area contributed by atoms with Crippen molar-refractivity contribution in [3.63, 3.8) is 0 Å². The van der Waals surface area contributed by atoms with Crippen LogP contribution in [0.3, 0.4) is 0 Å². The number of nitrogens with zero attached hydrogens (tertiary/aromatic N) is 3. The Bertz CT molecular complexity index is 1370. The van der Waals surface area contributed by atoms with E-state index in [-0.39, 0.29) is 11.3 Å². The van der Waals surface area contributed by atoms with Crippen molar-refractivity contribution in [2.24, 2.45) is 0 Å². The maximum absolute atomic E-state index is 12.9. The number of rotatable bonds is 5. The van der Waals surface area contributed by atoms with Gasteiger partial charge in [0.2, 0.25) is 5.89 Å². The van der Waals surface area contributed by atoms with Crippen LogP contribution in [0.15, 0.2) is 65.1 Å². The van der Waals surface area contributed by atoms with Gasteiger partial charge in [-0.25, -0.2) is 4.98 Å². The first kappa shape index (κ1) is 20.7. The number of nitro groups is 1. The number of hydrogen-bond acceptors (Lipinski definition) is 6. The number of aromatic nitrogens is 1. The summed E-state index contributed by atoms with van der Waals surface area (Å²) in [7, 11) is 0. The number of amides is 1. The van der Waals surface area contributed by atoms with Crippen molar-refractivity contribution >= 4 is 34.1 Å². The zero-order valence-electron chi connectivity index (χ0n) is 18.1. The molecule has 166 valence electrons. The molecule has 1 fully saturated rings. The summed E-state index contributed by atoms with van der Waals surface area (Å²) in [4.78, 5) is 30.6. The molecular formula is C25H22N4O4. The molecule has 1 saturated heterocycles. The van der Waals surface area contributed by atoms with Crippen LogP contribution in [0.2, 0.25) is 0 Å². The van der Waals surface area contributed by atoms with Gasteiger partial charge in [0.05, 0.1) is 4.92 Å². The van der Waals surface area contributed by atoms with Crippen LogP contribution in [0.25, 0.3) is 22.6 Å². The number of nitro benzene ring substituents is 1. The third-order valence-electron chi connectivity index (χ3n) is 5.79. The van der Waals surface area contributed by atoms with Crippen molar-refractivity contribution in [3.8, 4) is 11.5 Å². The molecule has 0 saturated carbocycles. The molecule has 0 radical (unpaired) electrons. The lowest BCUT2D eigenvalue weighted by Crippen LogP contribution is -2.19. The van der Waals surface area contributed by atoms with Gasteiger partial charge in [0, 0.05) is 36.0 Å². The molecule has 8 heteroatoms. The molecule has 0 atom stereocenters. The molecule has 0 bridgehead atoms. The van der Waals surface area contributed by atoms with Crippen LogP contribution in [-0.2, 0) is 0 Å². The minimum Gasteiger partial charge on any atom is -0.436 e. The van der Waals surface area contributed by atoms with Crippen molar-refractivity contribution < 1.29 is 14.1 Å². The number of fused-ring (bicyclic) bond motifs is 1. The highest BCUT2D eigenvalue weighted by atomic mass is 16.6. The molecule has 2 heterocycles. The molecule has 1 amide bonds. The van der Waals surface area contributed by atoms with E-state index in [0.29, 0.717) is 22.8 Å². The fraction of sp³-hybridized carbons (Fsp3) is 0.200. The zero-order valence-corrected chi connectivity index (χ0v) is 18.1. The Hall–Kier alpha value is -4.20. The normalized spacial score (nSPS) is 13.4. The summed E-state index contributed by atoms with van der Waals surface area (Å²) in [5.41, 5.74) is 4.54. The molecule has 33 heavy (non-hydrogen) atoms. The van der Waals surface area contributed by atoms with Gasteiger partial charge in [0.1, 0.15) is 11.2 Å². The van der Waals surface area contributed by atoms with Crippen LogP contribution in [0.5, 0.6) is 0 Å². The summed E-state index contributed by atoms with van der Waals surface area (Å²) >= 11 is 0. The first-order valence-corrected chi connectivity index (χ1v) is 10.8. The Labute approximate surface area is 190 Å². The van der Waals surface area contributed by atoms with Crippen molar-refractivity contribution in [1.82, 2.24) is 4.98 Å². The van der Waals surface area contributed by atoms with E-state index in [9.17, 15) is 14.9 Å². The van der Waals surface area contributed by atoms with Crippen LogP contribution in [-0.4, -0.2) is 28.9 Å². The Kier molecular flexibility index (Phi) is 5.26. The van der Waals surface area contributed by atoms with E-state index in [0.717, 1.165) is 42.6 Å². The second kappa shape index (κ2) is 8.38. The minimum absolute atomic E-state index is 0.0555. The third kappa shape index (κ3) is 4.15. The van der Waals surface area contributed by atoms with Crippen LogP contribution in [0.4, 0.5) is 17.1 Å². The van der Waals surface area contributed by atoms with Crippen molar-refractivity contribution in [2.75, 3.05) is 23.3 Å². The maximum atomic E-state index is 12.9. The van der Waals surface area contributed by atoms with Gasteiger partial charge in [-0.2, -0.15) is 0 Å². The molecule has 8 nitrogen and oxygen atoms in total. The van der Waals surface area contributed by atoms with Gasteiger partial charge in [-0.05, 0) is 67.8 Å². The SMILES string of the molecule is Cc1ccc2oc(-c3cccc(NC(=O)c4ccc(N5CCCC5)c([N+](=O)[O-])c4)c3)nc2c1. The Morgan fingerprint density at radius 1 is 1.09 bits per heavy atom. The molecule has 1 aliphatic rings. The highest BCUT2D eigenvalue weighted by Crippen LogP contribution is 2.32. The first-order valence-electron chi connectivity index (χ1n) is 10.8. The fourth-order valence-corrected chi connectivity index (χ4v) is 4.13. The van der Waals surface area contributed by atoms with Crippen LogP contribution < -0.4 is 10.2 Å². The van der Waals surface area contributed by atoms with Gasteiger partial charge < -0.3 is 14.6 Å². The Morgan fingerprint density at radius 3 is 2.70 bits per heavy atom. The molecule has 3 aromatic carbocycles. The van der Waals surface area contributed by atoms with E-state index in [2.05, 4.69) is 10.3 Å². The summed E-state index contributed by atoms with van der Waals surface area (Å²) in [6.07, 6.45) is 2.02. The van der Waals surface area contributed by atoms with Crippen LogP contribution in [0.1, 0.15) is 28.8 Å². The van der Waals surface area contributed by atoms with Gasteiger partial charge in [-0.3, -0.25) is 14.9 Å². The van der Waals surface area contributed by atoms with E-state index < -0.39 is 10.8 Å². The number of nitrogens with one attached hydrogen (secondary N) is 1. The minimum atomic E-state index is -0.431.